The monoisotopic (exact) mass is 397 g/mol. The van der Waals surface area contributed by atoms with Crippen LogP contribution in [0.3, 0.4) is 0 Å². The summed E-state index contributed by atoms with van der Waals surface area (Å²) in [6.07, 6.45) is 1.73. The molecule has 0 amide bonds. The Kier molecular flexibility index (Phi) is 4.77. The first kappa shape index (κ1) is 17.1. The van der Waals surface area contributed by atoms with Gasteiger partial charge in [0.2, 0.25) is 0 Å². The number of allylic oxidation sites excluding steroid dienone is 1. The van der Waals surface area contributed by atoms with Crippen LogP contribution in [-0.2, 0) is 0 Å². The number of nitrogens with one attached hydrogen (secondary N) is 1. The van der Waals surface area contributed by atoms with Crippen molar-refractivity contribution in [2.24, 2.45) is 0 Å². The van der Waals surface area contributed by atoms with E-state index in [2.05, 4.69) is 32.0 Å². The minimum atomic E-state index is 0.410. The molecule has 1 heterocycles. The van der Waals surface area contributed by atoms with E-state index < -0.39 is 0 Å². The van der Waals surface area contributed by atoms with Crippen LogP contribution in [0.1, 0.15) is 17.0 Å². The standard InChI is InChI=1S/C19H16BrN3O2/c1-11-4-5-15-16(6-11)23-19(22-15)13(10-21)7-12-8-14(20)9-17(24-2)18(12)25-3/h4-9H,1-3H3,(H,22,23). The number of halogens is 1. The molecule has 0 aliphatic rings. The number of aryl methyl sites for hydroxylation is 1. The highest BCUT2D eigenvalue weighted by atomic mass is 79.9. The van der Waals surface area contributed by atoms with Crippen LogP contribution in [0.5, 0.6) is 11.5 Å². The van der Waals surface area contributed by atoms with Crippen molar-refractivity contribution in [3.05, 3.63) is 51.8 Å². The molecule has 0 aliphatic heterocycles. The molecule has 0 aliphatic carbocycles. The molecule has 1 aromatic heterocycles. The lowest BCUT2D eigenvalue weighted by Crippen LogP contribution is -1.94. The molecule has 0 bridgehead atoms. The summed E-state index contributed by atoms with van der Waals surface area (Å²) in [4.78, 5) is 7.71. The number of imidazole rings is 1. The molecule has 25 heavy (non-hydrogen) atoms. The van der Waals surface area contributed by atoms with Crippen LogP contribution in [0, 0.1) is 18.3 Å². The number of nitriles is 1. The second-order valence-corrected chi connectivity index (χ2v) is 6.42. The van der Waals surface area contributed by atoms with Crippen LogP contribution in [0.4, 0.5) is 0 Å². The molecule has 0 saturated carbocycles. The van der Waals surface area contributed by atoms with Crippen LogP contribution < -0.4 is 9.47 Å². The third kappa shape index (κ3) is 3.37. The number of benzene rings is 2. The second kappa shape index (κ2) is 6.99. The van der Waals surface area contributed by atoms with E-state index in [9.17, 15) is 5.26 Å². The Morgan fingerprint density at radius 1 is 1.24 bits per heavy atom. The van der Waals surface area contributed by atoms with Gasteiger partial charge in [0.1, 0.15) is 11.9 Å². The quantitative estimate of drug-likeness (QED) is 0.646. The molecule has 0 atom stereocenters. The van der Waals surface area contributed by atoms with Gasteiger partial charge in [-0.3, -0.25) is 0 Å². The Labute approximate surface area is 154 Å². The molecule has 6 heteroatoms. The van der Waals surface area contributed by atoms with Crippen molar-refractivity contribution >= 4 is 38.6 Å². The zero-order valence-corrected chi connectivity index (χ0v) is 15.6. The smallest absolute Gasteiger partial charge is 0.168 e. The van der Waals surface area contributed by atoms with Crippen LogP contribution in [0.2, 0.25) is 0 Å². The zero-order valence-electron chi connectivity index (χ0n) is 14.1. The van der Waals surface area contributed by atoms with Crippen molar-refractivity contribution in [3.63, 3.8) is 0 Å². The van der Waals surface area contributed by atoms with E-state index >= 15 is 0 Å². The predicted molar refractivity (Wildman–Crippen MR) is 102 cm³/mol. The van der Waals surface area contributed by atoms with Crippen LogP contribution >= 0.6 is 15.9 Å². The molecule has 2 aromatic carbocycles. The van der Waals surface area contributed by atoms with E-state index in [-0.39, 0.29) is 0 Å². The molecule has 0 unspecified atom stereocenters. The number of rotatable bonds is 4. The van der Waals surface area contributed by atoms with E-state index in [1.54, 1.807) is 20.3 Å². The van der Waals surface area contributed by atoms with Crippen LogP contribution in [-0.4, -0.2) is 24.2 Å². The molecular formula is C19H16BrN3O2. The highest BCUT2D eigenvalue weighted by molar-refractivity contribution is 9.10. The Hall–Kier alpha value is -2.78. The number of methoxy groups -OCH3 is 2. The first-order chi connectivity index (χ1) is 12.0. The number of hydrogen-bond acceptors (Lipinski definition) is 4. The van der Waals surface area contributed by atoms with Gasteiger partial charge in [-0.1, -0.05) is 22.0 Å². The fraction of sp³-hybridized carbons (Fsp3) is 0.158. The van der Waals surface area contributed by atoms with E-state index in [1.807, 2.05) is 37.3 Å². The molecule has 0 radical (unpaired) electrons. The van der Waals surface area contributed by atoms with Gasteiger partial charge < -0.3 is 14.5 Å². The lowest BCUT2D eigenvalue weighted by molar-refractivity contribution is 0.354. The molecule has 0 spiro atoms. The molecular weight excluding hydrogens is 382 g/mol. The SMILES string of the molecule is COc1cc(Br)cc(C=C(C#N)c2nc3ccc(C)cc3[nH]2)c1OC. The fourth-order valence-corrected chi connectivity index (χ4v) is 3.08. The van der Waals surface area contributed by atoms with Crippen molar-refractivity contribution in [2.75, 3.05) is 14.2 Å². The van der Waals surface area contributed by atoms with Gasteiger partial charge in [-0.15, -0.1) is 0 Å². The molecule has 3 aromatic rings. The van der Waals surface area contributed by atoms with Gasteiger partial charge in [-0.2, -0.15) is 5.26 Å². The van der Waals surface area contributed by atoms with Gasteiger partial charge in [0, 0.05) is 10.0 Å². The summed E-state index contributed by atoms with van der Waals surface area (Å²) in [5, 5.41) is 9.62. The Bertz CT molecular complexity index is 1020. The van der Waals surface area contributed by atoms with Crippen molar-refractivity contribution < 1.29 is 9.47 Å². The highest BCUT2D eigenvalue weighted by Gasteiger charge is 2.13. The molecule has 0 fully saturated rings. The predicted octanol–water partition coefficient (Wildman–Crippen LogP) is 4.72. The summed E-state index contributed by atoms with van der Waals surface area (Å²) in [6, 6.07) is 11.8. The third-order valence-corrected chi connectivity index (χ3v) is 4.24. The zero-order chi connectivity index (χ0) is 18.0. The molecule has 1 N–H and O–H groups in total. The number of aromatic nitrogens is 2. The number of aromatic amines is 1. The second-order valence-electron chi connectivity index (χ2n) is 5.51. The summed E-state index contributed by atoms with van der Waals surface area (Å²) < 4.78 is 11.6. The topological polar surface area (TPSA) is 70.9 Å². The molecule has 3 rings (SSSR count). The van der Waals surface area contributed by atoms with Gasteiger partial charge >= 0.3 is 0 Å². The van der Waals surface area contributed by atoms with Gasteiger partial charge in [0.15, 0.2) is 11.5 Å². The Morgan fingerprint density at radius 2 is 2.04 bits per heavy atom. The van der Waals surface area contributed by atoms with Crippen molar-refractivity contribution in [3.8, 4) is 17.6 Å². The first-order valence-electron chi connectivity index (χ1n) is 7.55. The Balaban J connectivity index is 2.14. The number of hydrogen-bond donors (Lipinski definition) is 1. The number of ether oxygens (including phenoxy) is 2. The summed E-state index contributed by atoms with van der Waals surface area (Å²) >= 11 is 3.45. The van der Waals surface area contributed by atoms with Crippen molar-refractivity contribution in [1.82, 2.24) is 9.97 Å². The molecule has 0 saturated heterocycles. The summed E-state index contributed by atoms with van der Waals surface area (Å²) in [6.45, 7) is 2.01. The molecule has 5 nitrogen and oxygen atoms in total. The summed E-state index contributed by atoms with van der Waals surface area (Å²) in [7, 11) is 3.14. The summed E-state index contributed by atoms with van der Waals surface area (Å²) in [5.74, 6) is 1.66. The Morgan fingerprint density at radius 3 is 2.72 bits per heavy atom. The normalized spacial score (nSPS) is 11.4. The maximum absolute atomic E-state index is 9.62. The van der Waals surface area contributed by atoms with Gasteiger partial charge in [0.25, 0.3) is 0 Å². The van der Waals surface area contributed by atoms with Crippen molar-refractivity contribution in [1.29, 1.82) is 5.26 Å². The fourth-order valence-electron chi connectivity index (χ4n) is 2.63. The lowest BCUT2D eigenvalue weighted by Gasteiger charge is -2.11. The van der Waals surface area contributed by atoms with Crippen molar-refractivity contribution in [2.45, 2.75) is 6.92 Å². The number of fused-ring (bicyclic) bond motifs is 1. The van der Waals surface area contributed by atoms with Gasteiger partial charge in [-0.25, -0.2) is 4.98 Å². The lowest BCUT2D eigenvalue weighted by atomic mass is 10.1. The maximum atomic E-state index is 9.62. The number of nitrogens with zero attached hydrogens (tertiary/aromatic N) is 2. The van der Waals surface area contributed by atoms with Crippen LogP contribution in [0.15, 0.2) is 34.8 Å². The van der Waals surface area contributed by atoms with E-state index in [1.165, 1.54) is 0 Å². The van der Waals surface area contributed by atoms with Gasteiger partial charge in [0.05, 0.1) is 30.8 Å². The van der Waals surface area contributed by atoms with E-state index in [0.717, 1.165) is 26.6 Å². The average molecular weight is 398 g/mol. The van der Waals surface area contributed by atoms with E-state index in [4.69, 9.17) is 9.47 Å². The third-order valence-electron chi connectivity index (χ3n) is 3.79. The molecule has 126 valence electrons. The van der Waals surface area contributed by atoms with Gasteiger partial charge in [-0.05, 0) is 42.8 Å². The van der Waals surface area contributed by atoms with E-state index in [0.29, 0.717) is 22.9 Å². The van der Waals surface area contributed by atoms with Crippen LogP contribution in [0.25, 0.3) is 22.7 Å². The maximum Gasteiger partial charge on any atom is 0.168 e. The first-order valence-corrected chi connectivity index (χ1v) is 8.35. The minimum absolute atomic E-state index is 0.410. The highest BCUT2D eigenvalue weighted by Crippen LogP contribution is 2.36. The number of H-pyrrole nitrogens is 1. The average Bonchev–Trinajstić information content (AvgIpc) is 3.01. The minimum Gasteiger partial charge on any atom is -0.493 e. The summed E-state index contributed by atoms with van der Waals surface area (Å²) in [5.41, 5.74) is 3.98. The largest absolute Gasteiger partial charge is 0.493 e.